The van der Waals surface area contributed by atoms with Gasteiger partial charge in [0, 0.05) is 31.7 Å². The third-order valence-electron chi connectivity index (χ3n) is 7.01. The first kappa shape index (κ1) is 26.5. The van der Waals surface area contributed by atoms with E-state index in [2.05, 4.69) is 4.90 Å². The number of ketones is 1. The van der Waals surface area contributed by atoms with E-state index >= 15 is 0 Å². The number of Topliss-reactive ketones (excluding diaryl/α,β-unsaturated/α-hetero) is 1. The number of rotatable bonds is 9. The average molecular weight is 529 g/mol. The van der Waals surface area contributed by atoms with Gasteiger partial charge >= 0.3 is 0 Å². The highest BCUT2D eigenvalue weighted by Crippen LogP contribution is 2.41. The van der Waals surface area contributed by atoms with Gasteiger partial charge in [-0.25, -0.2) is 0 Å². The van der Waals surface area contributed by atoms with Crippen molar-refractivity contribution < 1.29 is 28.9 Å². The molecule has 1 unspecified atom stereocenters. The van der Waals surface area contributed by atoms with Crippen LogP contribution in [-0.2, 0) is 14.3 Å². The second-order valence-corrected chi connectivity index (χ2v) is 9.52. The van der Waals surface area contributed by atoms with Crippen molar-refractivity contribution in [2.24, 2.45) is 0 Å². The minimum atomic E-state index is -0.764. The number of benzene rings is 3. The zero-order chi connectivity index (χ0) is 27.2. The number of ether oxygens (including phenoxy) is 3. The summed E-state index contributed by atoms with van der Waals surface area (Å²) in [4.78, 5) is 30.6. The zero-order valence-corrected chi connectivity index (χ0v) is 21.9. The monoisotopic (exact) mass is 528 g/mol. The first-order valence-corrected chi connectivity index (χ1v) is 13.1. The van der Waals surface area contributed by atoms with Crippen LogP contribution in [-0.4, -0.2) is 73.1 Å². The highest BCUT2D eigenvalue weighted by Gasteiger charge is 2.46. The number of likely N-dealkylation sites (tertiary alicyclic amines) is 1. The van der Waals surface area contributed by atoms with E-state index in [1.54, 1.807) is 29.2 Å². The van der Waals surface area contributed by atoms with Gasteiger partial charge in [-0.1, -0.05) is 42.5 Å². The summed E-state index contributed by atoms with van der Waals surface area (Å²) in [5.74, 6) is 0.211. The molecule has 1 amide bonds. The molecule has 2 heterocycles. The summed E-state index contributed by atoms with van der Waals surface area (Å²) in [5, 5.41) is 11.4. The van der Waals surface area contributed by atoms with Crippen LogP contribution in [0.25, 0.3) is 5.76 Å². The topological polar surface area (TPSA) is 88.5 Å². The summed E-state index contributed by atoms with van der Waals surface area (Å²) in [6.45, 7) is 4.23. The number of carbonyl (C=O) groups is 2. The molecule has 0 aromatic heterocycles. The van der Waals surface area contributed by atoms with Gasteiger partial charge < -0.3 is 24.2 Å². The van der Waals surface area contributed by atoms with Gasteiger partial charge in [0.1, 0.15) is 23.0 Å². The summed E-state index contributed by atoms with van der Waals surface area (Å²) in [6.07, 6.45) is 0.683. The number of para-hydroxylation sites is 1. The highest BCUT2D eigenvalue weighted by atomic mass is 16.5. The predicted octanol–water partition coefficient (Wildman–Crippen LogP) is 4.63. The molecule has 2 aliphatic heterocycles. The number of carbonyl (C=O) groups excluding carboxylic acids is 2. The molecule has 8 heteroatoms. The molecular weight excluding hydrogens is 496 g/mol. The Hall–Kier alpha value is -4.14. The van der Waals surface area contributed by atoms with Crippen molar-refractivity contribution in [3.05, 3.63) is 95.6 Å². The Balaban J connectivity index is 1.50. The molecule has 39 heavy (non-hydrogen) atoms. The van der Waals surface area contributed by atoms with Crippen molar-refractivity contribution in [1.82, 2.24) is 9.80 Å². The minimum absolute atomic E-state index is 0.0523. The van der Waals surface area contributed by atoms with Crippen LogP contribution in [0.15, 0.2) is 84.4 Å². The first-order valence-electron chi connectivity index (χ1n) is 13.1. The maximum atomic E-state index is 13.4. The Labute approximate surface area is 228 Å². The predicted molar refractivity (Wildman–Crippen MR) is 147 cm³/mol. The molecule has 1 N–H and O–H groups in total. The van der Waals surface area contributed by atoms with Crippen molar-refractivity contribution in [3.63, 3.8) is 0 Å². The molecule has 8 nitrogen and oxygen atoms in total. The van der Waals surface area contributed by atoms with Crippen molar-refractivity contribution in [2.75, 3.05) is 46.5 Å². The first-order chi connectivity index (χ1) is 19.0. The molecular formula is C31H32N2O6. The van der Waals surface area contributed by atoms with E-state index in [1.165, 1.54) is 7.11 Å². The highest BCUT2D eigenvalue weighted by molar-refractivity contribution is 6.46. The Bertz CT molecular complexity index is 1350. The van der Waals surface area contributed by atoms with Gasteiger partial charge in [-0.2, -0.15) is 0 Å². The smallest absolute Gasteiger partial charge is 0.295 e. The van der Waals surface area contributed by atoms with E-state index in [4.69, 9.17) is 14.2 Å². The maximum Gasteiger partial charge on any atom is 0.295 e. The van der Waals surface area contributed by atoms with Crippen LogP contribution < -0.4 is 9.47 Å². The molecule has 5 rings (SSSR count). The SMILES string of the molecule is COc1cccc(/C(O)=C2\C(=O)C(=O)N(CCCN3CCOCC3)C2c2cccc(Oc3ccccc3)c2)c1. The number of aliphatic hydroxyl groups is 1. The molecule has 202 valence electrons. The van der Waals surface area contributed by atoms with Crippen molar-refractivity contribution >= 4 is 17.4 Å². The molecule has 0 spiro atoms. The molecule has 2 aliphatic rings. The molecule has 1 atom stereocenters. The Morgan fingerprint density at radius 2 is 1.62 bits per heavy atom. The number of hydrogen-bond acceptors (Lipinski definition) is 7. The van der Waals surface area contributed by atoms with Crippen LogP contribution in [0, 0.1) is 0 Å². The number of aliphatic hydroxyl groups excluding tert-OH is 1. The fraction of sp³-hybridized carbons (Fsp3) is 0.290. The number of nitrogens with zero attached hydrogens (tertiary/aromatic N) is 2. The van der Waals surface area contributed by atoms with E-state index < -0.39 is 17.7 Å². The van der Waals surface area contributed by atoms with Crippen molar-refractivity contribution in [3.8, 4) is 17.2 Å². The Kier molecular flexibility index (Phi) is 8.24. The van der Waals surface area contributed by atoms with Crippen molar-refractivity contribution in [2.45, 2.75) is 12.5 Å². The molecule has 2 fully saturated rings. The number of hydrogen-bond donors (Lipinski definition) is 1. The summed E-state index contributed by atoms with van der Waals surface area (Å²) in [6, 6.07) is 22.8. The molecule has 2 saturated heterocycles. The molecule has 0 saturated carbocycles. The van der Waals surface area contributed by atoms with E-state index in [9.17, 15) is 14.7 Å². The third-order valence-corrected chi connectivity index (χ3v) is 7.01. The van der Waals surface area contributed by atoms with Gasteiger partial charge in [0.05, 0.1) is 31.9 Å². The van der Waals surface area contributed by atoms with Gasteiger partial charge in [0.15, 0.2) is 0 Å². The summed E-state index contributed by atoms with van der Waals surface area (Å²) in [5.41, 5.74) is 1.14. The van der Waals surface area contributed by atoms with Crippen LogP contribution in [0.5, 0.6) is 17.2 Å². The zero-order valence-electron chi connectivity index (χ0n) is 21.9. The minimum Gasteiger partial charge on any atom is -0.507 e. The van der Waals surface area contributed by atoms with Crippen LogP contribution in [0.4, 0.5) is 0 Å². The summed E-state index contributed by atoms with van der Waals surface area (Å²) >= 11 is 0. The number of morpholine rings is 1. The lowest BCUT2D eigenvalue weighted by Gasteiger charge is -2.29. The molecule has 3 aromatic carbocycles. The van der Waals surface area contributed by atoms with E-state index in [1.807, 2.05) is 54.6 Å². The molecule has 0 radical (unpaired) electrons. The standard InChI is InChI=1S/C31H32N2O6/c1-37-25-12-6-9-23(21-25)29(34)27-28(22-8-5-13-26(20-22)39-24-10-3-2-4-11-24)33(31(36)30(27)35)15-7-14-32-16-18-38-19-17-32/h2-6,8-13,20-21,28,34H,7,14-19H2,1H3/b29-27+. The van der Waals surface area contributed by atoms with Crippen LogP contribution in [0.2, 0.25) is 0 Å². The van der Waals surface area contributed by atoms with Gasteiger partial charge in [-0.05, 0) is 48.4 Å². The lowest BCUT2D eigenvalue weighted by atomic mass is 9.95. The molecule has 3 aromatic rings. The quantitative estimate of drug-likeness (QED) is 0.246. The Morgan fingerprint density at radius 3 is 2.38 bits per heavy atom. The average Bonchev–Trinajstić information content (AvgIpc) is 3.23. The largest absolute Gasteiger partial charge is 0.507 e. The van der Waals surface area contributed by atoms with E-state index in [0.29, 0.717) is 54.6 Å². The van der Waals surface area contributed by atoms with Crippen LogP contribution in [0.1, 0.15) is 23.6 Å². The normalized spacial score (nSPS) is 19.3. The Morgan fingerprint density at radius 1 is 0.897 bits per heavy atom. The fourth-order valence-corrected chi connectivity index (χ4v) is 5.05. The maximum absolute atomic E-state index is 13.4. The second kappa shape index (κ2) is 12.1. The lowest BCUT2D eigenvalue weighted by Crippen LogP contribution is -2.38. The van der Waals surface area contributed by atoms with Crippen LogP contribution >= 0.6 is 0 Å². The number of methoxy groups -OCH3 is 1. The molecule has 0 aliphatic carbocycles. The van der Waals surface area contributed by atoms with Gasteiger partial charge in [-0.3, -0.25) is 14.5 Å². The fourth-order valence-electron chi connectivity index (χ4n) is 5.05. The summed E-state index contributed by atoms with van der Waals surface area (Å²) in [7, 11) is 1.53. The number of amides is 1. The van der Waals surface area contributed by atoms with Gasteiger partial charge in [0.2, 0.25) is 0 Å². The molecule has 0 bridgehead atoms. The van der Waals surface area contributed by atoms with E-state index in [0.717, 1.165) is 19.6 Å². The lowest BCUT2D eigenvalue weighted by molar-refractivity contribution is -0.140. The van der Waals surface area contributed by atoms with Gasteiger partial charge in [-0.15, -0.1) is 0 Å². The summed E-state index contributed by atoms with van der Waals surface area (Å²) < 4.78 is 16.8. The van der Waals surface area contributed by atoms with Crippen LogP contribution in [0.3, 0.4) is 0 Å². The second-order valence-electron chi connectivity index (χ2n) is 9.52. The van der Waals surface area contributed by atoms with E-state index in [-0.39, 0.29) is 11.3 Å². The van der Waals surface area contributed by atoms with Gasteiger partial charge in [0.25, 0.3) is 11.7 Å². The van der Waals surface area contributed by atoms with Crippen molar-refractivity contribution in [1.29, 1.82) is 0 Å². The third kappa shape index (κ3) is 5.97.